The predicted molar refractivity (Wildman–Crippen MR) is 97.5 cm³/mol. The number of hydrogen-bond acceptors (Lipinski definition) is 4. The number of non-ortho nitro benzene ring substituents is 1. The number of anilines is 1. The van der Waals surface area contributed by atoms with Crippen LogP contribution in [0.4, 0.5) is 11.4 Å². The first kappa shape index (κ1) is 16.0. The molecule has 0 amide bonds. The fraction of sp³-hybridized carbons (Fsp3) is 0.263. The summed E-state index contributed by atoms with van der Waals surface area (Å²) in [4.78, 5) is 10.5. The van der Waals surface area contributed by atoms with Gasteiger partial charge in [0, 0.05) is 28.6 Å². The monoisotopic (exact) mass is 356 g/mol. The zero-order valence-corrected chi connectivity index (χ0v) is 14.4. The van der Waals surface area contributed by atoms with Crippen LogP contribution in [0.1, 0.15) is 29.5 Å². The number of rotatable bonds is 3. The van der Waals surface area contributed by atoms with Gasteiger partial charge < -0.3 is 10.1 Å². The standard InChI is InChI=1S/C19H17ClN2O3/c1-25-16-10-9-15(20)17-13-3-2-4-14(13)18(21-19(16)17)11-5-7-12(8-6-11)22(23)24/h2-3,5-10,13-14,18,21H,4H2,1H3/t13-,14-,18-/m0/s1. The van der Waals surface area contributed by atoms with Gasteiger partial charge in [-0.3, -0.25) is 10.1 Å². The van der Waals surface area contributed by atoms with Crippen molar-refractivity contribution in [3.8, 4) is 5.75 Å². The molecule has 2 aromatic carbocycles. The lowest BCUT2D eigenvalue weighted by Crippen LogP contribution is -2.29. The minimum Gasteiger partial charge on any atom is -0.495 e. The lowest BCUT2D eigenvalue weighted by atomic mass is 9.77. The fourth-order valence-electron chi connectivity index (χ4n) is 3.94. The zero-order valence-electron chi connectivity index (χ0n) is 13.6. The zero-order chi connectivity index (χ0) is 17.6. The molecular formula is C19H17ClN2O3. The number of allylic oxidation sites excluding steroid dienone is 2. The molecule has 5 nitrogen and oxygen atoms in total. The quantitative estimate of drug-likeness (QED) is 0.473. The van der Waals surface area contributed by atoms with Crippen LogP contribution in [0.15, 0.2) is 48.6 Å². The third kappa shape index (κ3) is 2.55. The number of halogens is 1. The number of nitro groups is 1. The molecule has 1 aliphatic carbocycles. The Morgan fingerprint density at radius 1 is 1.24 bits per heavy atom. The van der Waals surface area contributed by atoms with E-state index in [1.54, 1.807) is 19.2 Å². The number of nitro benzene ring substituents is 1. The number of hydrogen-bond donors (Lipinski definition) is 1. The molecule has 0 spiro atoms. The third-order valence-corrected chi connectivity index (χ3v) is 5.44. The highest BCUT2D eigenvalue weighted by atomic mass is 35.5. The summed E-state index contributed by atoms with van der Waals surface area (Å²) in [5.41, 5.74) is 3.10. The Balaban J connectivity index is 1.79. The lowest BCUT2D eigenvalue weighted by molar-refractivity contribution is -0.384. The van der Waals surface area contributed by atoms with E-state index in [1.807, 2.05) is 24.3 Å². The average molecular weight is 357 g/mol. The van der Waals surface area contributed by atoms with Gasteiger partial charge in [0.25, 0.3) is 5.69 Å². The highest BCUT2D eigenvalue weighted by Crippen LogP contribution is 2.54. The van der Waals surface area contributed by atoms with Crippen LogP contribution in [0.5, 0.6) is 5.75 Å². The molecule has 0 unspecified atom stereocenters. The largest absolute Gasteiger partial charge is 0.495 e. The molecule has 1 N–H and O–H groups in total. The molecule has 0 saturated carbocycles. The highest BCUT2D eigenvalue weighted by molar-refractivity contribution is 6.32. The summed E-state index contributed by atoms with van der Waals surface area (Å²) in [6, 6.07) is 10.5. The number of methoxy groups -OCH3 is 1. The molecule has 2 aromatic rings. The van der Waals surface area contributed by atoms with E-state index in [1.165, 1.54) is 0 Å². The molecule has 0 saturated heterocycles. The second kappa shape index (κ2) is 6.08. The molecule has 3 atom stereocenters. The lowest BCUT2D eigenvalue weighted by Gasteiger charge is -2.38. The molecule has 4 rings (SSSR count). The van der Waals surface area contributed by atoms with Gasteiger partial charge in [-0.25, -0.2) is 0 Å². The van der Waals surface area contributed by atoms with Crippen molar-refractivity contribution in [1.29, 1.82) is 0 Å². The van der Waals surface area contributed by atoms with E-state index in [2.05, 4.69) is 17.5 Å². The molecule has 1 heterocycles. The van der Waals surface area contributed by atoms with Crippen molar-refractivity contribution in [3.05, 3.63) is 74.8 Å². The van der Waals surface area contributed by atoms with E-state index in [-0.39, 0.29) is 22.6 Å². The van der Waals surface area contributed by atoms with Crippen molar-refractivity contribution in [2.24, 2.45) is 5.92 Å². The van der Waals surface area contributed by atoms with E-state index in [0.717, 1.165) is 34.0 Å². The van der Waals surface area contributed by atoms with Crippen LogP contribution in [0.3, 0.4) is 0 Å². The molecule has 0 fully saturated rings. The van der Waals surface area contributed by atoms with Crippen molar-refractivity contribution in [1.82, 2.24) is 0 Å². The summed E-state index contributed by atoms with van der Waals surface area (Å²) >= 11 is 6.48. The Morgan fingerprint density at radius 3 is 2.68 bits per heavy atom. The van der Waals surface area contributed by atoms with Gasteiger partial charge in [-0.2, -0.15) is 0 Å². The fourth-order valence-corrected chi connectivity index (χ4v) is 4.22. The van der Waals surface area contributed by atoms with E-state index in [4.69, 9.17) is 16.3 Å². The van der Waals surface area contributed by atoms with Gasteiger partial charge in [0.2, 0.25) is 0 Å². The minimum absolute atomic E-state index is 0.0423. The highest BCUT2D eigenvalue weighted by Gasteiger charge is 2.40. The average Bonchev–Trinajstić information content (AvgIpc) is 3.11. The van der Waals surface area contributed by atoms with Crippen LogP contribution in [0.25, 0.3) is 0 Å². The number of benzene rings is 2. The smallest absolute Gasteiger partial charge is 0.269 e. The van der Waals surface area contributed by atoms with Crippen molar-refractivity contribution >= 4 is 23.0 Å². The minimum atomic E-state index is -0.379. The van der Waals surface area contributed by atoms with Crippen molar-refractivity contribution in [3.63, 3.8) is 0 Å². The molecule has 1 aliphatic heterocycles. The third-order valence-electron chi connectivity index (χ3n) is 5.11. The Morgan fingerprint density at radius 2 is 2.00 bits per heavy atom. The summed E-state index contributed by atoms with van der Waals surface area (Å²) in [6.07, 6.45) is 5.32. The summed E-state index contributed by atoms with van der Waals surface area (Å²) < 4.78 is 5.52. The summed E-state index contributed by atoms with van der Waals surface area (Å²) in [5, 5.41) is 15.2. The molecule has 2 aliphatic rings. The van der Waals surface area contributed by atoms with Gasteiger partial charge in [-0.05, 0) is 30.0 Å². The van der Waals surface area contributed by atoms with Crippen LogP contribution in [-0.4, -0.2) is 12.0 Å². The summed E-state index contributed by atoms with van der Waals surface area (Å²) in [7, 11) is 1.64. The van der Waals surface area contributed by atoms with Gasteiger partial charge >= 0.3 is 0 Å². The number of nitrogens with one attached hydrogen (secondary N) is 1. The first-order chi connectivity index (χ1) is 12.1. The maximum absolute atomic E-state index is 10.9. The predicted octanol–water partition coefficient (Wildman–Crippen LogP) is 5.08. The van der Waals surface area contributed by atoms with Crippen LogP contribution in [-0.2, 0) is 0 Å². The van der Waals surface area contributed by atoms with E-state index in [0.29, 0.717) is 5.92 Å². The Hall–Kier alpha value is -2.53. The van der Waals surface area contributed by atoms with Crippen molar-refractivity contribution < 1.29 is 9.66 Å². The first-order valence-corrected chi connectivity index (χ1v) is 8.52. The van der Waals surface area contributed by atoms with Gasteiger partial charge in [0.05, 0.1) is 23.8 Å². The molecule has 25 heavy (non-hydrogen) atoms. The number of nitrogens with zero attached hydrogens (tertiary/aromatic N) is 1. The maximum atomic E-state index is 10.9. The van der Waals surface area contributed by atoms with Crippen LogP contribution in [0, 0.1) is 16.0 Å². The van der Waals surface area contributed by atoms with Crippen molar-refractivity contribution in [2.75, 3.05) is 12.4 Å². The molecular weight excluding hydrogens is 340 g/mol. The van der Waals surface area contributed by atoms with Gasteiger partial charge in [-0.15, -0.1) is 0 Å². The van der Waals surface area contributed by atoms with Gasteiger partial charge in [0.1, 0.15) is 5.75 Å². The Bertz CT molecular complexity index is 864. The van der Waals surface area contributed by atoms with Crippen LogP contribution in [0.2, 0.25) is 5.02 Å². The Kier molecular flexibility index (Phi) is 3.88. The SMILES string of the molecule is COc1ccc(Cl)c2c1N[C@@H](c1ccc([N+](=O)[O-])cc1)[C@H]1CC=C[C@H]21. The van der Waals surface area contributed by atoms with Crippen LogP contribution >= 0.6 is 11.6 Å². The van der Waals surface area contributed by atoms with E-state index < -0.39 is 0 Å². The van der Waals surface area contributed by atoms with Gasteiger partial charge in [0.15, 0.2) is 0 Å². The number of ether oxygens (including phenoxy) is 1. The van der Waals surface area contributed by atoms with E-state index >= 15 is 0 Å². The van der Waals surface area contributed by atoms with Crippen LogP contribution < -0.4 is 10.1 Å². The van der Waals surface area contributed by atoms with E-state index in [9.17, 15) is 10.1 Å². The molecule has 0 bridgehead atoms. The second-order valence-corrected chi connectivity index (χ2v) is 6.77. The van der Waals surface area contributed by atoms with Gasteiger partial charge in [-0.1, -0.05) is 35.9 Å². The molecule has 0 radical (unpaired) electrons. The van der Waals surface area contributed by atoms with Crippen molar-refractivity contribution in [2.45, 2.75) is 18.4 Å². The molecule has 6 heteroatoms. The number of fused-ring (bicyclic) bond motifs is 3. The normalized spacial score (nSPS) is 23.5. The summed E-state index contributed by atoms with van der Waals surface area (Å²) in [5.74, 6) is 1.28. The summed E-state index contributed by atoms with van der Waals surface area (Å²) in [6.45, 7) is 0. The second-order valence-electron chi connectivity index (χ2n) is 6.36. The molecule has 0 aromatic heterocycles. The topological polar surface area (TPSA) is 64.4 Å². The maximum Gasteiger partial charge on any atom is 0.269 e. The molecule has 128 valence electrons. The Labute approximate surface area is 150 Å². The first-order valence-electron chi connectivity index (χ1n) is 8.14.